The molecule has 1 fully saturated rings. The van der Waals surface area contributed by atoms with Gasteiger partial charge < -0.3 is 10.6 Å². The van der Waals surface area contributed by atoms with Gasteiger partial charge in [0.1, 0.15) is 0 Å². The molecular formula is C18H25N5. The first kappa shape index (κ1) is 15.6. The average molecular weight is 311 g/mol. The number of guanidine groups is 1. The molecule has 1 heterocycles. The second kappa shape index (κ2) is 6.86. The van der Waals surface area contributed by atoms with Gasteiger partial charge in [-0.3, -0.25) is 4.99 Å². The number of hydrogen-bond acceptors (Lipinski definition) is 2. The molecule has 0 spiro atoms. The molecule has 2 aromatic rings. The molecule has 1 aromatic heterocycles. The summed E-state index contributed by atoms with van der Waals surface area (Å²) in [5.74, 6) is 1.69. The number of nitrogens with zero attached hydrogens (tertiary/aromatic N) is 3. The number of nitrogens with one attached hydrogen (secondary N) is 2. The van der Waals surface area contributed by atoms with Crippen molar-refractivity contribution in [3.63, 3.8) is 0 Å². The molecule has 1 aromatic carbocycles. The molecule has 0 amide bonds. The molecule has 23 heavy (non-hydrogen) atoms. The third-order valence-corrected chi connectivity index (χ3v) is 4.15. The Labute approximate surface area is 137 Å². The predicted octanol–water partition coefficient (Wildman–Crippen LogP) is 2.56. The molecule has 0 unspecified atom stereocenters. The van der Waals surface area contributed by atoms with Crippen LogP contribution in [0.25, 0.3) is 5.69 Å². The maximum Gasteiger partial charge on any atom is 0.191 e. The molecule has 0 saturated heterocycles. The summed E-state index contributed by atoms with van der Waals surface area (Å²) < 4.78 is 2.01. The summed E-state index contributed by atoms with van der Waals surface area (Å²) in [6.45, 7) is 5.84. The van der Waals surface area contributed by atoms with Crippen LogP contribution < -0.4 is 10.6 Å². The lowest BCUT2D eigenvalue weighted by atomic mass is 10.1. The molecule has 2 N–H and O–H groups in total. The van der Waals surface area contributed by atoms with Crippen LogP contribution in [-0.4, -0.2) is 29.3 Å². The van der Waals surface area contributed by atoms with Gasteiger partial charge in [-0.1, -0.05) is 18.2 Å². The van der Waals surface area contributed by atoms with E-state index in [0.717, 1.165) is 42.0 Å². The fourth-order valence-electron chi connectivity index (χ4n) is 2.70. The van der Waals surface area contributed by atoms with Gasteiger partial charge in [0.2, 0.25) is 0 Å². The van der Waals surface area contributed by atoms with Crippen LogP contribution in [0, 0.1) is 19.8 Å². The van der Waals surface area contributed by atoms with E-state index in [0.29, 0.717) is 0 Å². The SMILES string of the molecule is CN=C(NCc1ccccc1-n1nc(C)cc1C)NCC1CC1. The summed E-state index contributed by atoms with van der Waals surface area (Å²) in [5.41, 5.74) is 4.50. The number of aliphatic imine (C=N–C) groups is 1. The Bertz CT molecular complexity index is 697. The highest BCUT2D eigenvalue weighted by molar-refractivity contribution is 5.79. The molecular weight excluding hydrogens is 286 g/mol. The second-order valence-corrected chi connectivity index (χ2v) is 6.22. The van der Waals surface area contributed by atoms with E-state index in [4.69, 9.17) is 0 Å². The molecule has 5 heteroatoms. The topological polar surface area (TPSA) is 54.2 Å². The van der Waals surface area contributed by atoms with Crippen molar-refractivity contribution in [1.82, 2.24) is 20.4 Å². The third-order valence-electron chi connectivity index (χ3n) is 4.15. The molecule has 1 saturated carbocycles. The Kier molecular flexibility index (Phi) is 4.65. The van der Waals surface area contributed by atoms with Crippen molar-refractivity contribution < 1.29 is 0 Å². The summed E-state index contributed by atoms with van der Waals surface area (Å²) in [7, 11) is 1.81. The maximum absolute atomic E-state index is 4.60. The zero-order valence-corrected chi connectivity index (χ0v) is 14.1. The minimum atomic E-state index is 0.721. The molecule has 1 aliphatic carbocycles. The fraction of sp³-hybridized carbons (Fsp3) is 0.444. The Morgan fingerprint density at radius 2 is 2.04 bits per heavy atom. The third kappa shape index (κ3) is 3.92. The predicted molar refractivity (Wildman–Crippen MR) is 94.0 cm³/mol. The maximum atomic E-state index is 4.60. The molecule has 0 radical (unpaired) electrons. The molecule has 0 aliphatic heterocycles. The summed E-state index contributed by atoms with van der Waals surface area (Å²) in [6.07, 6.45) is 2.68. The van der Waals surface area contributed by atoms with Crippen LogP contribution >= 0.6 is 0 Å². The number of hydrogen-bond donors (Lipinski definition) is 2. The fourth-order valence-corrected chi connectivity index (χ4v) is 2.70. The van der Waals surface area contributed by atoms with Crippen molar-refractivity contribution in [1.29, 1.82) is 0 Å². The average Bonchev–Trinajstić information content (AvgIpc) is 3.31. The zero-order valence-electron chi connectivity index (χ0n) is 14.1. The lowest BCUT2D eigenvalue weighted by Crippen LogP contribution is -2.38. The van der Waals surface area contributed by atoms with E-state index in [1.807, 2.05) is 18.7 Å². The standard InChI is InChI=1S/C18H25N5/c1-13-10-14(2)23(22-13)17-7-5-4-6-16(17)12-21-18(19-3)20-11-15-8-9-15/h4-7,10,15H,8-9,11-12H2,1-3H3,(H2,19,20,21). The van der Waals surface area contributed by atoms with Crippen molar-refractivity contribution in [3.05, 3.63) is 47.3 Å². The lowest BCUT2D eigenvalue weighted by molar-refractivity contribution is 0.733. The first-order valence-corrected chi connectivity index (χ1v) is 8.23. The van der Waals surface area contributed by atoms with Gasteiger partial charge in [-0.15, -0.1) is 0 Å². The van der Waals surface area contributed by atoms with Crippen molar-refractivity contribution in [2.45, 2.75) is 33.2 Å². The summed E-state index contributed by atoms with van der Waals surface area (Å²) in [5, 5.41) is 11.4. The Morgan fingerprint density at radius 1 is 1.26 bits per heavy atom. The van der Waals surface area contributed by atoms with Gasteiger partial charge in [-0.25, -0.2) is 4.68 Å². The summed E-state index contributed by atoms with van der Waals surface area (Å²) >= 11 is 0. The summed E-state index contributed by atoms with van der Waals surface area (Å²) in [4.78, 5) is 4.30. The minimum absolute atomic E-state index is 0.721. The van der Waals surface area contributed by atoms with E-state index < -0.39 is 0 Å². The normalized spacial score (nSPS) is 14.8. The lowest BCUT2D eigenvalue weighted by Gasteiger charge is -2.15. The molecule has 5 nitrogen and oxygen atoms in total. The highest BCUT2D eigenvalue weighted by Crippen LogP contribution is 2.27. The van der Waals surface area contributed by atoms with Gasteiger partial charge in [0.05, 0.1) is 11.4 Å². The van der Waals surface area contributed by atoms with Crippen molar-refractivity contribution in [2.75, 3.05) is 13.6 Å². The number of aryl methyl sites for hydroxylation is 2. The van der Waals surface area contributed by atoms with Gasteiger partial charge in [0.15, 0.2) is 5.96 Å². The number of aromatic nitrogens is 2. The Hall–Kier alpha value is -2.30. The zero-order chi connectivity index (χ0) is 16.2. The highest BCUT2D eigenvalue weighted by Gasteiger charge is 2.21. The minimum Gasteiger partial charge on any atom is -0.356 e. The molecule has 1 aliphatic rings. The monoisotopic (exact) mass is 311 g/mol. The molecule has 3 rings (SSSR count). The molecule has 0 bridgehead atoms. The number of benzene rings is 1. The van der Waals surface area contributed by atoms with Crippen LogP contribution in [0.5, 0.6) is 0 Å². The van der Waals surface area contributed by atoms with Gasteiger partial charge in [0.25, 0.3) is 0 Å². The van der Waals surface area contributed by atoms with E-state index in [9.17, 15) is 0 Å². The van der Waals surface area contributed by atoms with Gasteiger partial charge in [0, 0.05) is 25.8 Å². The second-order valence-electron chi connectivity index (χ2n) is 6.22. The van der Waals surface area contributed by atoms with E-state index in [1.54, 1.807) is 0 Å². The molecule has 0 atom stereocenters. The van der Waals surface area contributed by atoms with E-state index >= 15 is 0 Å². The first-order valence-electron chi connectivity index (χ1n) is 8.23. The largest absolute Gasteiger partial charge is 0.356 e. The van der Waals surface area contributed by atoms with E-state index in [-0.39, 0.29) is 0 Å². The van der Waals surface area contributed by atoms with Crippen molar-refractivity contribution >= 4 is 5.96 Å². The van der Waals surface area contributed by atoms with Crippen LogP contribution in [0.4, 0.5) is 0 Å². The van der Waals surface area contributed by atoms with Gasteiger partial charge in [-0.05, 0) is 50.3 Å². The van der Waals surface area contributed by atoms with Crippen LogP contribution in [-0.2, 0) is 6.54 Å². The highest BCUT2D eigenvalue weighted by atomic mass is 15.3. The van der Waals surface area contributed by atoms with E-state index in [1.165, 1.54) is 18.4 Å². The number of para-hydroxylation sites is 1. The van der Waals surface area contributed by atoms with Crippen molar-refractivity contribution in [3.8, 4) is 5.69 Å². The van der Waals surface area contributed by atoms with E-state index in [2.05, 4.69) is 58.0 Å². The van der Waals surface area contributed by atoms with Crippen LogP contribution in [0.2, 0.25) is 0 Å². The van der Waals surface area contributed by atoms with Crippen LogP contribution in [0.3, 0.4) is 0 Å². The van der Waals surface area contributed by atoms with Crippen molar-refractivity contribution in [2.24, 2.45) is 10.9 Å². The Balaban J connectivity index is 1.71. The quantitative estimate of drug-likeness (QED) is 0.659. The first-order chi connectivity index (χ1) is 11.2. The number of rotatable bonds is 5. The Morgan fingerprint density at radius 3 is 2.70 bits per heavy atom. The molecule has 122 valence electrons. The van der Waals surface area contributed by atoms with Gasteiger partial charge in [-0.2, -0.15) is 5.10 Å². The van der Waals surface area contributed by atoms with Gasteiger partial charge >= 0.3 is 0 Å². The van der Waals surface area contributed by atoms with Crippen LogP contribution in [0.1, 0.15) is 29.8 Å². The smallest absolute Gasteiger partial charge is 0.191 e. The summed E-state index contributed by atoms with van der Waals surface area (Å²) in [6, 6.07) is 10.5. The van der Waals surface area contributed by atoms with Crippen LogP contribution in [0.15, 0.2) is 35.3 Å².